The van der Waals surface area contributed by atoms with Crippen LogP contribution in [0.1, 0.15) is 38.7 Å². The van der Waals surface area contributed by atoms with Crippen molar-refractivity contribution >= 4 is 17.5 Å². The largest absolute Gasteiger partial charge is 0.329 e. The average Bonchev–Trinajstić information content (AvgIpc) is 2.48. The Balaban J connectivity index is 1.72. The Morgan fingerprint density at radius 3 is 2.41 bits per heavy atom. The summed E-state index contributed by atoms with van der Waals surface area (Å²) < 4.78 is 0. The van der Waals surface area contributed by atoms with Crippen LogP contribution in [0.5, 0.6) is 0 Å². The molecule has 22 heavy (non-hydrogen) atoms. The molecule has 1 heterocycles. The summed E-state index contributed by atoms with van der Waals surface area (Å²) >= 11 is 0. The number of nitrogens with zero attached hydrogens (tertiary/aromatic N) is 2. The summed E-state index contributed by atoms with van der Waals surface area (Å²) in [7, 11) is 0. The molecule has 0 spiro atoms. The first-order valence-corrected chi connectivity index (χ1v) is 8.32. The third-order valence-corrected chi connectivity index (χ3v) is 5.05. The van der Waals surface area contributed by atoms with Gasteiger partial charge in [0.15, 0.2) is 0 Å². The van der Waals surface area contributed by atoms with Crippen LogP contribution in [0, 0.1) is 5.92 Å². The van der Waals surface area contributed by atoms with Gasteiger partial charge in [0.25, 0.3) is 0 Å². The highest BCUT2D eigenvalue weighted by Crippen LogP contribution is 2.30. The molecule has 1 aromatic rings. The van der Waals surface area contributed by atoms with Crippen LogP contribution in [-0.4, -0.2) is 35.8 Å². The molecule has 1 saturated carbocycles. The molecule has 0 bridgehead atoms. The van der Waals surface area contributed by atoms with Gasteiger partial charge in [-0.15, -0.1) is 0 Å². The molecular formula is C18H24N2O2. The Morgan fingerprint density at radius 1 is 1.18 bits per heavy atom. The maximum absolute atomic E-state index is 12.7. The van der Waals surface area contributed by atoms with Crippen LogP contribution in [0.15, 0.2) is 24.3 Å². The van der Waals surface area contributed by atoms with Gasteiger partial charge in [-0.2, -0.15) is 0 Å². The second-order valence-electron chi connectivity index (χ2n) is 6.35. The Bertz CT molecular complexity index is 563. The normalized spacial score (nSPS) is 22.6. The van der Waals surface area contributed by atoms with Crippen LogP contribution in [0.2, 0.25) is 0 Å². The molecule has 3 rings (SSSR count). The first-order valence-electron chi connectivity index (χ1n) is 8.32. The summed E-state index contributed by atoms with van der Waals surface area (Å²) in [6, 6.07) is 7.80. The van der Waals surface area contributed by atoms with Crippen LogP contribution in [0.3, 0.4) is 0 Å². The van der Waals surface area contributed by atoms with Gasteiger partial charge in [-0.25, -0.2) is 0 Å². The predicted molar refractivity (Wildman–Crippen MR) is 86.7 cm³/mol. The van der Waals surface area contributed by atoms with E-state index in [2.05, 4.69) is 19.1 Å². The summed E-state index contributed by atoms with van der Waals surface area (Å²) in [5.41, 5.74) is 2.20. The lowest BCUT2D eigenvalue weighted by atomic mass is 9.84. The minimum Gasteiger partial charge on any atom is -0.329 e. The van der Waals surface area contributed by atoms with E-state index in [1.165, 1.54) is 5.56 Å². The second kappa shape index (κ2) is 6.11. The third kappa shape index (κ3) is 2.62. The van der Waals surface area contributed by atoms with Crippen LogP contribution >= 0.6 is 0 Å². The van der Waals surface area contributed by atoms with Crippen LogP contribution in [-0.2, 0) is 16.0 Å². The highest BCUT2D eigenvalue weighted by Gasteiger charge is 2.38. The smallest absolute Gasteiger partial charge is 0.249 e. The predicted octanol–water partition coefficient (Wildman–Crippen LogP) is 2.61. The Kier molecular flexibility index (Phi) is 4.19. The van der Waals surface area contributed by atoms with Gasteiger partial charge in [0.1, 0.15) is 6.04 Å². The zero-order chi connectivity index (χ0) is 15.7. The third-order valence-electron chi connectivity index (χ3n) is 5.05. The lowest BCUT2D eigenvalue weighted by Crippen LogP contribution is -2.59. The van der Waals surface area contributed by atoms with Crippen molar-refractivity contribution in [3.05, 3.63) is 29.8 Å². The summed E-state index contributed by atoms with van der Waals surface area (Å²) in [5, 5.41) is 0. The second-order valence-corrected chi connectivity index (χ2v) is 6.35. The van der Waals surface area contributed by atoms with Crippen LogP contribution < -0.4 is 4.90 Å². The number of carbonyl (C=O) groups is 2. The molecule has 0 N–H and O–H groups in total. The standard InChI is InChI=1S/C18H24N2O2/c1-3-14-7-9-16(10-8-14)20-12-11-19(13(2)17(20)21)18(22)15-5-4-6-15/h7-10,13,15H,3-6,11-12H2,1-2H3. The van der Waals surface area contributed by atoms with Crippen molar-refractivity contribution in [2.45, 2.75) is 45.6 Å². The van der Waals surface area contributed by atoms with Gasteiger partial charge in [0.05, 0.1) is 0 Å². The number of rotatable bonds is 3. The average molecular weight is 300 g/mol. The zero-order valence-corrected chi connectivity index (χ0v) is 13.4. The number of benzene rings is 1. The van der Waals surface area contributed by atoms with E-state index in [9.17, 15) is 9.59 Å². The van der Waals surface area contributed by atoms with Gasteiger partial charge < -0.3 is 9.80 Å². The molecule has 4 heteroatoms. The summed E-state index contributed by atoms with van der Waals surface area (Å²) in [6.45, 7) is 5.20. The molecule has 2 fully saturated rings. The van der Waals surface area contributed by atoms with Crippen LogP contribution in [0.25, 0.3) is 0 Å². The fourth-order valence-corrected chi connectivity index (χ4v) is 3.23. The van der Waals surface area contributed by atoms with Gasteiger partial charge in [-0.1, -0.05) is 25.5 Å². The summed E-state index contributed by atoms with van der Waals surface area (Å²) in [4.78, 5) is 28.7. The van der Waals surface area contributed by atoms with Crippen molar-refractivity contribution in [2.75, 3.05) is 18.0 Å². The molecule has 1 aliphatic carbocycles. The number of piperazine rings is 1. The summed E-state index contributed by atoms with van der Waals surface area (Å²) in [6.07, 6.45) is 4.10. The zero-order valence-electron chi connectivity index (χ0n) is 13.4. The van der Waals surface area contributed by atoms with Crippen molar-refractivity contribution in [1.82, 2.24) is 4.90 Å². The molecule has 1 aliphatic heterocycles. The van der Waals surface area contributed by atoms with Gasteiger partial charge in [-0.3, -0.25) is 9.59 Å². The Hall–Kier alpha value is -1.84. The van der Waals surface area contributed by atoms with E-state index in [-0.39, 0.29) is 23.8 Å². The minimum atomic E-state index is -0.354. The molecule has 0 radical (unpaired) electrons. The highest BCUT2D eigenvalue weighted by molar-refractivity contribution is 6.00. The molecule has 0 aromatic heterocycles. The van der Waals surface area contributed by atoms with E-state index >= 15 is 0 Å². The first-order chi connectivity index (χ1) is 10.6. The van der Waals surface area contributed by atoms with E-state index in [0.717, 1.165) is 31.4 Å². The highest BCUT2D eigenvalue weighted by atomic mass is 16.2. The number of carbonyl (C=O) groups excluding carboxylic acids is 2. The monoisotopic (exact) mass is 300 g/mol. The number of hydrogen-bond acceptors (Lipinski definition) is 2. The fourth-order valence-electron chi connectivity index (χ4n) is 3.23. The molecular weight excluding hydrogens is 276 g/mol. The molecule has 1 atom stereocenters. The lowest BCUT2D eigenvalue weighted by molar-refractivity contribution is -0.146. The van der Waals surface area contributed by atoms with E-state index < -0.39 is 0 Å². The van der Waals surface area contributed by atoms with Gasteiger partial charge >= 0.3 is 0 Å². The van der Waals surface area contributed by atoms with Gasteiger partial charge in [-0.05, 0) is 43.9 Å². The van der Waals surface area contributed by atoms with Gasteiger partial charge in [0.2, 0.25) is 11.8 Å². The molecule has 2 aliphatic rings. The van der Waals surface area contributed by atoms with E-state index in [4.69, 9.17) is 0 Å². The first kappa shape index (κ1) is 15.1. The molecule has 1 aromatic carbocycles. The topological polar surface area (TPSA) is 40.6 Å². The van der Waals surface area contributed by atoms with E-state index in [1.54, 1.807) is 4.90 Å². The maximum Gasteiger partial charge on any atom is 0.249 e. The van der Waals surface area contributed by atoms with Crippen molar-refractivity contribution < 1.29 is 9.59 Å². The van der Waals surface area contributed by atoms with E-state index in [1.807, 2.05) is 24.0 Å². The van der Waals surface area contributed by atoms with Crippen molar-refractivity contribution in [3.63, 3.8) is 0 Å². The van der Waals surface area contributed by atoms with E-state index in [0.29, 0.717) is 13.1 Å². The summed E-state index contributed by atoms with van der Waals surface area (Å²) in [5.74, 6) is 0.363. The maximum atomic E-state index is 12.7. The lowest BCUT2D eigenvalue weighted by Gasteiger charge is -2.41. The number of hydrogen-bond donors (Lipinski definition) is 0. The van der Waals surface area contributed by atoms with Crippen molar-refractivity contribution in [3.8, 4) is 0 Å². The number of amides is 2. The van der Waals surface area contributed by atoms with Crippen LogP contribution in [0.4, 0.5) is 5.69 Å². The number of anilines is 1. The number of aryl methyl sites for hydroxylation is 1. The Morgan fingerprint density at radius 2 is 1.86 bits per heavy atom. The molecule has 1 saturated heterocycles. The van der Waals surface area contributed by atoms with Crippen molar-refractivity contribution in [2.24, 2.45) is 5.92 Å². The minimum absolute atomic E-state index is 0.0307. The molecule has 4 nitrogen and oxygen atoms in total. The molecule has 1 unspecified atom stereocenters. The SMILES string of the molecule is CCc1ccc(N2CCN(C(=O)C3CCC3)C(C)C2=O)cc1. The van der Waals surface area contributed by atoms with Crippen molar-refractivity contribution in [1.29, 1.82) is 0 Å². The quantitative estimate of drug-likeness (QED) is 0.861. The molecule has 2 amide bonds. The molecule has 118 valence electrons. The van der Waals surface area contributed by atoms with Gasteiger partial charge in [0, 0.05) is 24.7 Å². The Labute approximate surface area is 132 Å². The fraction of sp³-hybridized carbons (Fsp3) is 0.556.